The molecule has 0 unspecified atom stereocenters. The Balaban J connectivity index is 1.22. The van der Waals surface area contributed by atoms with Gasteiger partial charge < -0.3 is 18.9 Å². The molecule has 0 radical (unpaired) electrons. The van der Waals surface area contributed by atoms with Crippen molar-refractivity contribution in [2.75, 3.05) is 19.5 Å². The van der Waals surface area contributed by atoms with Crippen molar-refractivity contribution in [3.63, 3.8) is 0 Å². The van der Waals surface area contributed by atoms with Crippen LogP contribution >= 0.6 is 11.3 Å². The van der Waals surface area contributed by atoms with E-state index in [-0.39, 0.29) is 5.75 Å². The maximum atomic E-state index is 15.3. The van der Waals surface area contributed by atoms with Crippen molar-refractivity contribution in [3.8, 4) is 28.1 Å². The highest BCUT2D eigenvalue weighted by Gasteiger charge is 2.31. The Bertz CT molecular complexity index is 1760. The molecule has 0 spiro atoms. The SMILES string of the molecule is COc1ccc(NC(=O)O[C@H]2CCCC[C@H]2Oc2cc3sc(-c4cc(C)cc5nc(OC)cnc45)nc3cc2F)cn1. The molecule has 1 fully saturated rings. The number of halogens is 1. The van der Waals surface area contributed by atoms with Gasteiger partial charge in [0.15, 0.2) is 11.6 Å². The summed E-state index contributed by atoms with van der Waals surface area (Å²) in [7, 11) is 3.06. The van der Waals surface area contributed by atoms with Gasteiger partial charge in [-0.25, -0.2) is 29.1 Å². The summed E-state index contributed by atoms with van der Waals surface area (Å²) in [6.45, 7) is 1.97. The molecule has 2 aromatic carbocycles. The van der Waals surface area contributed by atoms with Crippen LogP contribution in [0.1, 0.15) is 31.2 Å². The number of fused-ring (bicyclic) bond motifs is 2. The van der Waals surface area contributed by atoms with Gasteiger partial charge in [0.2, 0.25) is 11.8 Å². The van der Waals surface area contributed by atoms with Crippen LogP contribution in [0, 0.1) is 12.7 Å². The summed E-state index contributed by atoms with van der Waals surface area (Å²) in [5.41, 5.74) is 4.16. The molecule has 5 aromatic rings. The first-order chi connectivity index (χ1) is 20.4. The molecular formula is C30H28FN5O5S. The van der Waals surface area contributed by atoms with Crippen LogP contribution in [0.5, 0.6) is 17.5 Å². The average molecular weight is 590 g/mol. The van der Waals surface area contributed by atoms with Crippen molar-refractivity contribution < 1.29 is 28.1 Å². The van der Waals surface area contributed by atoms with E-state index in [9.17, 15) is 4.79 Å². The van der Waals surface area contributed by atoms with E-state index in [1.165, 1.54) is 30.7 Å². The number of benzene rings is 2. The number of anilines is 1. The number of nitrogens with one attached hydrogen (secondary N) is 1. The summed E-state index contributed by atoms with van der Waals surface area (Å²) >= 11 is 1.42. The Kier molecular flexibility index (Phi) is 7.70. The van der Waals surface area contributed by atoms with Crippen LogP contribution in [-0.2, 0) is 4.74 Å². The average Bonchev–Trinajstić information content (AvgIpc) is 3.40. The van der Waals surface area contributed by atoms with Gasteiger partial charge >= 0.3 is 6.09 Å². The Hall–Kier alpha value is -4.58. The predicted octanol–water partition coefficient (Wildman–Crippen LogP) is 6.70. The minimum absolute atomic E-state index is 0.0941. The van der Waals surface area contributed by atoms with Crippen LogP contribution in [0.15, 0.2) is 48.8 Å². The van der Waals surface area contributed by atoms with Gasteiger partial charge in [-0.05, 0) is 56.4 Å². The number of amides is 1. The van der Waals surface area contributed by atoms with Gasteiger partial charge in [-0.1, -0.05) is 0 Å². The molecule has 6 rings (SSSR count). The maximum absolute atomic E-state index is 15.3. The van der Waals surface area contributed by atoms with Crippen molar-refractivity contribution in [3.05, 3.63) is 60.2 Å². The molecule has 3 heterocycles. The largest absolute Gasteiger partial charge is 0.483 e. The standard InChI is InChI=1S/C30H28FN5O5S/c1-16-10-18(28-21(11-16)35-27(39-3)15-33-28)29-36-20-12-19(31)24(13-25(20)42-29)40-22-6-4-5-7-23(22)41-30(37)34-17-8-9-26(38-2)32-14-17/h8-15,22-23H,4-7H2,1-3H3,(H,34,37)/t22-,23+/m1/s1. The summed E-state index contributed by atoms with van der Waals surface area (Å²) in [5.74, 6) is 0.420. The highest BCUT2D eigenvalue weighted by Crippen LogP contribution is 2.38. The molecule has 3 aromatic heterocycles. The van der Waals surface area contributed by atoms with Crippen LogP contribution in [0.2, 0.25) is 0 Å². The lowest BCUT2D eigenvalue weighted by Gasteiger charge is -2.31. The third kappa shape index (κ3) is 5.75. The molecule has 2 atom stereocenters. The van der Waals surface area contributed by atoms with Crippen LogP contribution in [0.4, 0.5) is 14.9 Å². The number of rotatable bonds is 7. The number of hydrogen-bond acceptors (Lipinski definition) is 10. The number of aryl methyl sites for hydroxylation is 1. The number of nitrogens with zero attached hydrogens (tertiary/aromatic N) is 4. The molecular weight excluding hydrogens is 561 g/mol. The summed E-state index contributed by atoms with van der Waals surface area (Å²) in [6.07, 6.45) is 4.38. The summed E-state index contributed by atoms with van der Waals surface area (Å²) in [5, 5.41) is 3.36. The number of aromatic nitrogens is 4. The smallest absolute Gasteiger partial charge is 0.412 e. The lowest BCUT2D eigenvalue weighted by Crippen LogP contribution is -2.39. The monoisotopic (exact) mass is 589 g/mol. The van der Waals surface area contributed by atoms with Gasteiger partial charge in [0.25, 0.3) is 0 Å². The quantitative estimate of drug-likeness (QED) is 0.221. The number of thiazole rings is 1. The minimum Gasteiger partial charge on any atom is -0.483 e. The van der Waals surface area contributed by atoms with E-state index in [1.807, 2.05) is 19.1 Å². The fraction of sp³-hybridized carbons (Fsp3) is 0.300. The summed E-state index contributed by atoms with van der Waals surface area (Å²) < 4.78 is 38.2. The number of pyridine rings is 1. The van der Waals surface area contributed by atoms with Crippen LogP contribution in [0.25, 0.3) is 31.8 Å². The maximum Gasteiger partial charge on any atom is 0.412 e. The first kappa shape index (κ1) is 27.6. The number of methoxy groups -OCH3 is 2. The second-order valence-corrected chi connectivity index (χ2v) is 11.0. The van der Waals surface area contributed by atoms with Gasteiger partial charge in [-0.2, -0.15) is 0 Å². The molecule has 1 aliphatic carbocycles. The third-order valence-corrected chi connectivity index (χ3v) is 8.07. The molecule has 1 N–H and O–H groups in total. The molecule has 0 bridgehead atoms. The van der Waals surface area contributed by atoms with E-state index in [1.54, 1.807) is 31.5 Å². The molecule has 42 heavy (non-hydrogen) atoms. The number of ether oxygens (including phenoxy) is 4. The Morgan fingerprint density at radius 3 is 2.52 bits per heavy atom. The second-order valence-electron chi connectivity index (χ2n) is 9.96. The first-order valence-corrected chi connectivity index (χ1v) is 14.3. The van der Waals surface area contributed by atoms with Crippen molar-refractivity contribution >= 4 is 44.4 Å². The lowest BCUT2D eigenvalue weighted by molar-refractivity contribution is -0.00440. The van der Waals surface area contributed by atoms with E-state index < -0.39 is 24.1 Å². The first-order valence-electron chi connectivity index (χ1n) is 13.5. The number of hydrogen-bond donors (Lipinski definition) is 1. The Labute approximate surface area is 244 Å². The fourth-order valence-electron chi connectivity index (χ4n) is 5.00. The lowest BCUT2D eigenvalue weighted by atomic mass is 9.94. The zero-order valence-electron chi connectivity index (χ0n) is 23.2. The Morgan fingerprint density at radius 2 is 1.76 bits per heavy atom. The predicted molar refractivity (Wildman–Crippen MR) is 157 cm³/mol. The molecule has 1 saturated carbocycles. The zero-order valence-corrected chi connectivity index (χ0v) is 24.0. The van der Waals surface area contributed by atoms with Gasteiger partial charge in [0, 0.05) is 23.8 Å². The number of carbonyl (C=O) groups is 1. The van der Waals surface area contributed by atoms with Gasteiger partial charge in [-0.3, -0.25) is 5.32 Å². The van der Waals surface area contributed by atoms with Crippen LogP contribution < -0.4 is 19.5 Å². The Morgan fingerprint density at radius 1 is 0.952 bits per heavy atom. The highest BCUT2D eigenvalue weighted by atomic mass is 32.1. The third-order valence-electron chi connectivity index (χ3n) is 7.02. The van der Waals surface area contributed by atoms with Crippen molar-refractivity contribution in [1.82, 2.24) is 19.9 Å². The van der Waals surface area contributed by atoms with E-state index in [4.69, 9.17) is 23.9 Å². The minimum atomic E-state index is -0.628. The zero-order chi connectivity index (χ0) is 29.2. The molecule has 0 saturated heterocycles. The normalized spacial score (nSPS) is 16.8. The summed E-state index contributed by atoms with van der Waals surface area (Å²) in [4.78, 5) is 30.5. The molecule has 10 nitrogen and oxygen atoms in total. The van der Waals surface area contributed by atoms with E-state index in [2.05, 4.69) is 20.3 Å². The van der Waals surface area contributed by atoms with Crippen molar-refractivity contribution in [2.24, 2.45) is 0 Å². The molecule has 1 amide bonds. The topological polar surface area (TPSA) is 118 Å². The molecule has 0 aliphatic heterocycles. The van der Waals surface area contributed by atoms with Crippen LogP contribution in [0.3, 0.4) is 0 Å². The van der Waals surface area contributed by atoms with E-state index in [0.29, 0.717) is 51.8 Å². The molecule has 12 heteroatoms. The van der Waals surface area contributed by atoms with Crippen molar-refractivity contribution in [1.29, 1.82) is 0 Å². The van der Waals surface area contributed by atoms with E-state index in [0.717, 1.165) is 28.7 Å². The van der Waals surface area contributed by atoms with Crippen molar-refractivity contribution in [2.45, 2.75) is 44.8 Å². The molecule has 1 aliphatic rings. The van der Waals surface area contributed by atoms with E-state index >= 15 is 4.39 Å². The molecule has 216 valence electrons. The van der Waals surface area contributed by atoms with Crippen LogP contribution in [-0.4, -0.2) is 52.5 Å². The highest BCUT2D eigenvalue weighted by molar-refractivity contribution is 7.21. The number of carbonyl (C=O) groups excluding carboxylic acids is 1. The van der Waals surface area contributed by atoms with Gasteiger partial charge in [0.05, 0.1) is 53.6 Å². The second kappa shape index (κ2) is 11.7. The van der Waals surface area contributed by atoms with Gasteiger partial charge in [0.1, 0.15) is 17.2 Å². The fourth-order valence-corrected chi connectivity index (χ4v) is 5.99. The van der Waals surface area contributed by atoms with Gasteiger partial charge in [-0.15, -0.1) is 11.3 Å². The summed E-state index contributed by atoms with van der Waals surface area (Å²) in [6, 6.07) is 10.3.